The van der Waals surface area contributed by atoms with Crippen LogP contribution in [0.1, 0.15) is 18.2 Å². The van der Waals surface area contributed by atoms with E-state index in [2.05, 4.69) is 21.2 Å². The molecular formula is C20H17BrN2O8. The summed E-state index contributed by atoms with van der Waals surface area (Å²) in [5.41, 5.74) is 0.116. The van der Waals surface area contributed by atoms with Crippen molar-refractivity contribution in [3.63, 3.8) is 0 Å². The molecule has 0 bridgehead atoms. The van der Waals surface area contributed by atoms with Crippen LogP contribution in [0.3, 0.4) is 0 Å². The number of barbiturate groups is 1. The van der Waals surface area contributed by atoms with Crippen molar-refractivity contribution < 1.29 is 38.2 Å². The van der Waals surface area contributed by atoms with E-state index in [0.717, 1.165) is 4.90 Å². The predicted octanol–water partition coefficient (Wildman–Crippen LogP) is 2.57. The molecule has 11 heteroatoms. The van der Waals surface area contributed by atoms with Crippen molar-refractivity contribution in [2.75, 3.05) is 13.2 Å². The second kappa shape index (κ2) is 9.47. The Morgan fingerprint density at radius 1 is 1.26 bits per heavy atom. The van der Waals surface area contributed by atoms with E-state index in [4.69, 9.17) is 19.0 Å². The van der Waals surface area contributed by atoms with Crippen LogP contribution in [-0.2, 0) is 20.9 Å². The number of halogens is 1. The van der Waals surface area contributed by atoms with E-state index in [1.807, 2.05) is 0 Å². The Kier molecular flexibility index (Phi) is 6.75. The van der Waals surface area contributed by atoms with Crippen molar-refractivity contribution in [3.8, 4) is 11.5 Å². The highest BCUT2D eigenvalue weighted by Gasteiger charge is 2.36. The number of carboxylic acid groups (broad SMARTS) is 1. The summed E-state index contributed by atoms with van der Waals surface area (Å²) in [5.74, 6) is -2.02. The molecule has 162 valence electrons. The molecule has 4 amide bonds. The van der Waals surface area contributed by atoms with Gasteiger partial charge < -0.3 is 19.0 Å². The number of nitrogens with zero attached hydrogens (tertiary/aromatic N) is 1. The number of hydrogen-bond acceptors (Lipinski definition) is 7. The molecule has 1 aromatic carbocycles. The number of hydrogen-bond donors (Lipinski definition) is 2. The Hall–Kier alpha value is -3.60. The summed E-state index contributed by atoms with van der Waals surface area (Å²) in [7, 11) is 0. The minimum atomic E-state index is -1.16. The number of carboxylic acids is 1. The van der Waals surface area contributed by atoms with Crippen molar-refractivity contribution in [2.45, 2.75) is 13.5 Å². The topological polar surface area (TPSA) is 135 Å². The SMILES string of the molecule is CCOc1cc(C=C2C(=O)NC(=O)N(Cc3ccco3)C2=O)c(Br)cc1OCC(=O)O. The molecule has 10 nitrogen and oxygen atoms in total. The standard InChI is InChI=1S/C20H17BrN2O8/c1-2-29-15-7-11(14(21)8-16(15)31-10-17(24)25)6-13-18(26)22-20(28)23(19(13)27)9-12-4-3-5-30-12/h3-8H,2,9-10H2,1H3,(H,24,25)(H,22,26,28). The smallest absolute Gasteiger partial charge is 0.341 e. The third-order valence-electron chi connectivity index (χ3n) is 4.09. The highest BCUT2D eigenvalue weighted by atomic mass is 79.9. The minimum absolute atomic E-state index is 0.143. The summed E-state index contributed by atoms with van der Waals surface area (Å²) in [6, 6.07) is 5.32. The van der Waals surface area contributed by atoms with Gasteiger partial charge >= 0.3 is 12.0 Å². The van der Waals surface area contributed by atoms with Gasteiger partial charge in [-0.25, -0.2) is 9.59 Å². The van der Waals surface area contributed by atoms with Crippen LogP contribution < -0.4 is 14.8 Å². The van der Waals surface area contributed by atoms with Crippen LogP contribution in [0.2, 0.25) is 0 Å². The third-order valence-corrected chi connectivity index (χ3v) is 4.78. The highest BCUT2D eigenvalue weighted by molar-refractivity contribution is 9.10. The van der Waals surface area contributed by atoms with E-state index in [9.17, 15) is 19.2 Å². The molecule has 2 heterocycles. The molecule has 31 heavy (non-hydrogen) atoms. The molecule has 0 spiro atoms. The molecule has 1 aliphatic rings. The lowest BCUT2D eigenvalue weighted by atomic mass is 10.1. The molecule has 1 saturated heterocycles. The van der Waals surface area contributed by atoms with Crippen molar-refractivity contribution in [2.24, 2.45) is 0 Å². The van der Waals surface area contributed by atoms with Crippen LogP contribution in [0.4, 0.5) is 4.79 Å². The number of benzene rings is 1. The van der Waals surface area contributed by atoms with Crippen molar-refractivity contribution in [3.05, 3.63) is 51.9 Å². The van der Waals surface area contributed by atoms with Crippen LogP contribution in [0, 0.1) is 0 Å². The average Bonchev–Trinajstić information content (AvgIpc) is 3.22. The molecule has 2 aromatic rings. The maximum atomic E-state index is 12.8. The van der Waals surface area contributed by atoms with Gasteiger partial charge in [0.05, 0.1) is 19.4 Å². The van der Waals surface area contributed by atoms with Gasteiger partial charge in [0.25, 0.3) is 11.8 Å². The lowest BCUT2D eigenvalue weighted by Crippen LogP contribution is -2.53. The second-order valence-electron chi connectivity index (χ2n) is 6.22. The number of ether oxygens (including phenoxy) is 2. The van der Waals surface area contributed by atoms with Crippen LogP contribution in [0.25, 0.3) is 6.08 Å². The first kappa shape index (κ1) is 22.1. The molecule has 0 saturated carbocycles. The first-order valence-corrected chi connectivity index (χ1v) is 9.81. The van der Waals surface area contributed by atoms with E-state index in [1.165, 1.54) is 24.5 Å². The average molecular weight is 493 g/mol. The van der Waals surface area contributed by atoms with Gasteiger partial charge in [-0.15, -0.1) is 0 Å². The first-order chi connectivity index (χ1) is 14.8. The quantitative estimate of drug-likeness (QED) is 0.423. The van der Waals surface area contributed by atoms with E-state index < -0.39 is 30.4 Å². The van der Waals surface area contributed by atoms with Crippen LogP contribution in [0.5, 0.6) is 11.5 Å². The summed E-state index contributed by atoms with van der Waals surface area (Å²) in [6.07, 6.45) is 2.71. The van der Waals surface area contributed by atoms with E-state index in [1.54, 1.807) is 19.1 Å². The molecule has 0 radical (unpaired) electrons. The summed E-state index contributed by atoms with van der Waals surface area (Å²) < 4.78 is 16.3. The summed E-state index contributed by atoms with van der Waals surface area (Å²) in [6.45, 7) is 1.29. The number of carbonyl (C=O) groups excluding carboxylic acids is 3. The van der Waals surface area contributed by atoms with Crippen LogP contribution in [-0.4, -0.2) is 47.0 Å². The third kappa shape index (κ3) is 5.12. The van der Waals surface area contributed by atoms with Gasteiger partial charge in [0.15, 0.2) is 18.1 Å². The number of amides is 4. The fourth-order valence-electron chi connectivity index (χ4n) is 2.73. The monoisotopic (exact) mass is 492 g/mol. The summed E-state index contributed by atoms with van der Waals surface area (Å²) >= 11 is 3.32. The van der Waals surface area contributed by atoms with Crippen molar-refractivity contribution in [1.82, 2.24) is 10.2 Å². The minimum Gasteiger partial charge on any atom is -0.490 e. The Labute approximate surface area is 184 Å². The highest BCUT2D eigenvalue weighted by Crippen LogP contribution is 2.35. The van der Waals surface area contributed by atoms with Gasteiger partial charge in [-0.2, -0.15) is 0 Å². The predicted molar refractivity (Wildman–Crippen MR) is 109 cm³/mol. The number of imide groups is 2. The van der Waals surface area contributed by atoms with Gasteiger partial charge in [0.1, 0.15) is 11.3 Å². The number of furan rings is 1. The Morgan fingerprint density at radius 2 is 2.00 bits per heavy atom. The molecule has 0 unspecified atom stereocenters. The molecule has 0 aliphatic carbocycles. The summed E-state index contributed by atoms with van der Waals surface area (Å²) in [5, 5.41) is 11.0. The van der Waals surface area contributed by atoms with Gasteiger partial charge in [-0.1, -0.05) is 15.9 Å². The fourth-order valence-corrected chi connectivity index (χ4v) is 3.17. The van der Waals surface area contributed by atoms with Crippen molar-refractivity contribution >= 4 is 45.8 Å². The van der Waals surface area contributed by atoms with Gasteiger partial charge in [-0.05, 0) is 42.8 Å². The maximum absolute atomic E-state index is 12.8. The number of rotatable bonds is 8. The zero-order chi connectivity index (χ0) is 22.5. The number of carbonyl (C=O) groups is 4. The van der Waals surface area contributed by atoms with Gasteiger partial charge in [0, 0.05) is 4.47 Å². The Bertz CT molecular complexity index is 1060. The fraction of sp³-hybridized carbons (Fsp3) is 0.200. The van der Waals surface area contributed by atoms with Crippen LogP contribution in [0.15, 0.2) is 45.0 Å². The van der Waals surface area contributed by atoms with E-state index in [0.29, 0.717) is 15.8 Å². The maximum Gasteiger partial charge on any atom is 0.341 e. The molecule has 2 N–H and O–H groups in total. The largest absolute Gasteiger partial charge is 0.490 e. The second-order valence-corrected chi connectivity index (χ2v) is 7.08. The number of urea groups is 1. The molecule has 1 aromatic heterocycles. The van der Waals surface area contributed by atoms with Crippen molar-refractivity contribution in [1.29, 1.82) is 0 Å². The zero-order valence-corrected chi connectivity index (χ0v) is 17.8. The first-order valence-electron chi connectivity index (χ1n) is 9.02. The molecule has 1 aliphatic heterocycles. The van der Waals surface area contributed by atoms with Gasteiger partial charge in [-0.3, -0.25) is 19.8 Å². The lowest BCUT2D eigenvalue weighted by Gasteiger charge is -2.25. The normalized spacial score (nSPS) is 15.2. The van der Waals surface area contributed by atoms with Gasteiger partial charge in [0.2, 0.25) is 0 Å². The van der Waals surface area contributed by atoms with Crippen LogP contribution >= 0.6 is 15.9 Å². The Balaban J connectivity index is 1.95. The Morgan fingerprint density at radius 3 is 2.65 bits per heavy atom. The molecule has 0 atom stereocenters. The van der Waals surface area contributed by atoms with E-state index in [-0.39, 0.29) is 30.2 Å². The lowest BCUT2D eigenvalue weighted by molar-refractivity contribution is -0.139. The summed E-state index contributed by atoms with van der Waals surface area (Å²) in [4.78, 5) is 48.9. The molecule has 1 fully saturated rings. The molecular weight excluding hydrogens is 476 g/mol. The number of aliphatic carboxylic acids is 1. The zero-order valence-electron chi connectivity index (χ0n) is 16.2. The molecule has 3 rings (SSSR count). The number of nitrogens with one attached hydrogen (secondary N) is 1. The van der Waals surface area contributed by atoms with E-state index >= 15 is 0 Å².